The van der Waals surface area contributed by atoms with Gasteiger partial charge in [-0.1, -0.05) is 20.8 Å². The predicted octanol–water partition coefficient (Wildman–Crippen LogP) is 2.31. The number of ether oxygens (including phenoxy) is 1. The molecule has 2 rings (SSSR count). The maximum Gasteiger partial charge on any atom is 0.0671 e. The van der Waals surface area contributed by atoms with Crippen LogP contribution in [0.1, 0.15) is 27.7 Å². The largest absolute Gasteiger partial charge is 0.378 e. The molecule has 1 heteroatoms. The van der Waals surface area contributed by atoms with Crippen LogP contribution in [0, 0.1) is 23.2 Å². The molecule has 1 spiro atoms. The van der Waals surface area contributed by atoms with Gasteiger partial charge in [-0.2, -0.15) is 0 Å². The lowest BCUT2D eigenvalue weighted by molar-refractivity contribution is 0.109. The molecule has 11 heavy (non-hydrogen) atoms. The van der Waals surface area contributed by atoms with Gasteiger partial charge in [-0.15, -0.1) is 0 Å². The van der Waals surface area contributed by atoms with Crippen molar-refractivity contribution in [2.45, 2.75) is 33.8 Å². The van der Waals surface area contributed by atoms with Gasteiger partial charge in [-0.05, 0) is 24.7 Å². The fraction of sp³-hybridized carbons (Fsp3) is 1.00. The van der Waals surface area contributed by atoms with Crippen LogP contribution in [0.4, 0.5) is 0 Å². The number of hydrogen-bond donors (Lipinski definition) is 0. The highest BCUT2D eigenvalue weighted by Gasteiger charge is 2.79. The molecule has 2 aliphatic carbocycles. The number of rotatable bonds is 2. The summed E-state index contributed by atoms with van der Waals surface area (Å²) in [4.78, 5) is 0. The van der Waals surface area contributed by atoms with E-state index >= 15 is 0 Å². The third-order valence-corrected chi connectivity index (χ3v) is 4.19. The van der Waals surface area contributed by atoms with Gasteiger partial charge in [0, 0.05) is 12.0 Å². The van der Waals surface area contributed by atoms with Gasteiger partial charge in [0.25, 0.3) is 0 Å². The Bertz CT molecular complexity index is 168. The fourth-order valence-electron chi connectivity index (χ4n) is 3.23. The van der Waals surface area contributed by atoms with E-state index in [0.717, 1.165) is 24.4 Å². The standard InChI is InChI=1S/C10H18O/c1-5-11-9-8(4)10(9)6(2)7(10)3/h6-9H,5H2,1-4H3. The van der Waals surface area contributed by atoms with E-state index in [-0.39, 0.29) is 0 Å². The van der Waals surface area contributed by atoms with Crippen LogP contribution in [-0.2, 0) is 4.74 Å². The summed E-state index contributed by atoms with van der Waals surface area (Å²) < 4.78 is 5.68. The molecule has 4 atom stereocenters. The van der Waals surface area contributed by atoms with E-state index in [4.69, 9.17) is 4.74 Å². The van der Waals surface area contributed by atoms with Crippen LogP contribution in [-0.4, -0.2) is 12.7 Å². The van der Waals surface area contributed by atoms with Crippen LogP contribution in [0.15, 0.2) is 0 Å². The molecular weight excluding hydrogens is 136 g/mol. The van der Waals surface area contributed by atoms with Gasteiger partial charge >= 0.3 is 0 Å². The molecular formula is C10H18O. The second-order valence-corrected chi connectivity index (χ2v) is 4.24. The summed E-state index contributed by atoms with van der Waals surface area (Å²) >= 11 is 0. The molecule has 0 aliphatic heterocycles. The molecule has 0 aromatic carbocycles. The molecule has 0 amide bonds. The first-order chi connectivity index (χ1) is 5.17. The molecule has 2 aliphatic rings. The zero-order chi connectivity index (χ0) is 8.22. The van der Waals surface area contributed by atoms with Gasteiger partial charge in [0.2, 0.25) is 0 Å². The molecule has 0 radical (unpaired) electrons. The van der Waals surface area contributed by atoms with E-state index in [9.17, 15) is 0 Å². The third-order valence-electron chi connectivity index (χ3n) is 4.19. The van der Waals surface area contributed by atoms with Crippen LogP contribution < -0.4 is 0 Å². The van der Waals surface area contributed by atoms with Crippen molar-refractivity contribution in [1.29, 1.82) is 0 Å². The van der Waals surface area contributed by atoms with Crippen molar-refractivity contribution in [3.8, 4) is 0 Å². The first kappa shape index (κ1) is 7.60. The van der Waals surface area contributed by atoms with Crippen LogP contribution in [0.5, 0.6) is 0 Å². The Hall–Kier alpha value is -0.0400. The Labute approximate surface area is 69.1 Å². The van der Waals surface area contributed by atoms with Gasteiger partial charge in [0.05, 0.1) is 6.10 Å². The zero-order valence-electron chi connectivity index (χ0n) is 7.92. The molecule has 0 aromatic rings. The quantitative estimate of drug-likeness (QED) is 0.593. The molecule has 4 unspecified atom stereocenters. The molecule has 2 fully saturated rings. The van der Waals surface area contributed by atoms with Gasteiger partial charge in [-0.25, -0.2) is 0 Å². The Morgan fingerprint density at radius 1 is 1.09 bits per heavy atom. The number of hydrogen-bond acceptors (Lipinski definition) is 1. The first-order valence-corrected chi connectivity index (χ1v) is 4.78. The van der Waals surface area contributed by atoms with Crippen molar-refractivity contribution >= 4 is 0 Å². The van der Waals surface area contributed by atoms with Crippen LogP contribution >= 0.6 is 0 Å². The van der Waals surface area contributed by atoms with E-state index < -0.39 is 0 Å². The summed E-state index contributed by atoms with van der Waals surface area (Å²) in [6.45, 7) is 10.0. The summed E-state index contributed by atoms with van der Waals surface area (Å²) in [5.41, 5.74) is 0.621. The lowest BCUT2D eigenvalue weighted by atomic mass is 10.2. The summed E-state index contributed by atoms with van der Waals surface area (Å²) in [7, 11) is 0. The van der Waals surface area contributed by atoms with Crippen molar-refractivity contribution < 1.29 is 4.74 Å². The lowest BCUT2D eigenvalue weighted by Gasteiger charge is -1.95. The second-order valence-electron chi connectivity index (χ2n) is 4.24. The molecule has 2 saturated carbocycles. The van der Waals surface area contributed by atoms with E-state index in [2.05, 4.69) is 27.7 Å². The molecule has 0 saturated heterocycles. The normalized spacial score (nSPS) is 60.0. The van der Waals surface area contributed by atoms with E-state index in [1.54, 1.807) is 0 Å². The first-order valence-electron chi connectivity index (χ1n) is 4.78. The van der Waals surface area contributed by atoms with Crippen LogP contribution in [0.2, 0.25) is 0 Å². The van der Waals surface area contributed by atoms with Crippen molar-refractivity contribution in [1.82, 2.24) is 0 Å². The van der Waals surface area contributed by atoms with E-state index in [1.165, 1.54) is 0 Å². The van der Waals surface area contributed by atoms with Crippen molar-refractivity contribution in [2.24, 2.45) is 23.2 Å². The molecule has 1 nitrogen and oxygen atoms in total. The van der Waals surface area contributed by atoms with E-state index in [0.29, 0.717) is 11.5 Å². The monoisotopic (exact) mass is 154 g/mol. The molecule has 0 bridgehead atoms. The molecule has 0 aromatic heterocycles. The third kappa shape index (κ3) is 0.658. The highest BCUT2D eigenvalue weighted by Crippen LogP contribution is 2.78. The van der Waals surface area contributed by atoms with Gasteiger partial charge in [0.15, 0.2) is 0 Å². The Morgan fingerprint density at radius 3 is 1.91 bits per heavy atom. The van der Waals surface area contributed by atoms with Crippen molar-refractivity contribution in [2.75, 3.05) is 6.61 Å². The summed E-state index contributed by atoms with van der Waals surface area (Å²) in [5.74, 6) is 2.65. The summed E-state index contributed by atoms with van der Waals surface area (Å²) in [6, 6.07) is 0. The summed E-state index contributed by atoms with van der Waals surface area (Å²) in [6.07, 6.45) is 0.595. The minimum absolute atomic E-state index is 0.595. The predicted molar refractivity (Wildman–Crippen MR) is 45.3 cm³/mol. The smallest absolute Gasteiger partial charge is 0.0671 e. The molecule has 64 valence electrons. The minimum Gasteiger partial charge on any atom is -0.378 e. The molecule has 0 heterocycles. The highest BCUT2D eigenvalue weighted by molar-refractivity contribution is 5.27. The highest BCUT2D eigenvalue weighted by atomic mass is 16.5. The molecule has 0 N–H and O–H groups in total. The van der Waals surface area contributed by atoms with Crippen LogP contribution in [0.3, 0.4) is 0 Å². The maximum absolute atomic E-state index is 5.68. The Kier molecular flexibility index (Phi) is 1.39. The van der Waals surface area contributed by atoms with Gasteiger partial charge < -0.3 is 4.74 Å². The van der Waals surface area contributed by atoms with Crippen molar-refractivity contribution in [3.05, 3.63) is 0 Å². The second kappa shape index (κ2) is 2.01. The van der Waals surface area contributed by atoms with Crippen molar-refractivity contribution in [3.63, 3.8) is 0 Å². The summed E-state index contributed by atoms with van der Waals surface area (Å²) in [5, 5.41) is 0. The van der Waals surface area contributed by atoms with E-state index in [1.807, 2.05) is 0 Å². The maximum atomic E-state index is 5.68. The Morgan fingerprint density at radius 2 is 1.64 bits per heavy atom. The van der Waals surface area contributed by atoms with Crippen LogP contribution in [0.25, 0.3) is 0 Å². The minimum atomic E-state index is 0.595. The fourth-order valence-corrected chi connectivity index (χ4v) is 3.23. The zero-order valence-corrected chi connectivity index (χ0v) is 7.92. The van der Waals surface area contributed by atoms with Gasteiger partial charge in [0.1, 0.15) is 0 Å². The Balaban J connectivity index is 2.00. The average Bonchev–Trinajstić information content (AvgIpc) is 2.72. The lowest BCUT2D eigenvalue weighted by Crippen LogP contribution is -1.97. The topological polar surface area (TPSA) is 9.23 Å². The van der Waals surface area contributed by atoms with Gasteiger partial charge in [-0.3, -0.25) is 0 Å². The SMILES string of the molecule is CCOC1C(C)C12C(C)C2C. The average molecular weight is 154 g/mol.